The highest BCUT2D eigenvalue weighted by Crippen LogP contribution is 2.20. The van der Waals surface area contributed by atoms with E-state index in [1.54, 1.807) is 0 Å². The lowest BCUT2D eigenvalue weighted by molar-refractivity contribution is -0.146. The summed E-state index contributed by atoms with van der Waals surface area (Å²) in [6.45, 7) is 7.67. The maximum atomic E-state index is 12.2. The number of piperidine rings is 1. The Bertz CT molecular complexity index is 477. The fourth-order valence-corrected chi connectivity index (χ4v) is 4.63. The molecule has 0 aromatic carbocycles. The van der Waals surface area contributed by atoms with Gasteiger partial charge in [-0.2, -0.15) is 0 Å². The molecular formula is C28H53NO4. The normalized spacial score (nSPS) is 15.3. The quantitative estimate of drug-likeness (QED) is 0.146. The van der Waals surface area contributed by atoms with Crippen LogP contribution < -0.4 is 5.32 Å². The maximum absolute atomic E-state index is 12.2. The zero-order chi connectivity index (χ0) is 24.0. The fraction of sp³-hybridized carbons (Fsp3) is 0.929. The van der Waals surface area contributed by atoms with Gasteiger partial charge in [0.25, 0.3) is 0 Å². The van der Waals surface area contributed by atoms with E-state index in [9.17, 15) is 9.59 Å². The van der Waals surface area contributed by atoms with E-state index in [-0.39, 0.29) is 11.9 Å². The van der Waals surface area contributed by atoms with Gasteiger partial charge in [-0.1, -0.05) is 78.1 Å². The topological polar surface area (TPSA) is 64.6 Å². The van der Waals surface area contributed by atoms with E-state index in [1.165, 1.54) is 77.0 Å². The summed E-state index contributed by atoms with van der Waals surface area (Å²) < 4.78 is 11.0. The van der Waals surface area contributed by atoms with Gasteiger partial charge in [0.05, 0.1) is 13.2 Å². The monoisotopic (exact) mass is 467 g/mol. The Kier molecular flexibility index (Phi) is 19.4. The van der Waals surface area contributed by atoms with Crippen LogP contribution in [0.5, 0.6) is 0 Å². The summed E-state index contributed by atoms with van der Waals surface area (Å²) in [5.74, 6) is 0.796. The van der Waals surface area contributed by atoms with Crippen molar-refractivity contribution in [2.24, 2.45) is 11.8 Å². The van der Waals surface area contributed by atoms with Crippen molar-refractivity contribution >= 4 is 11.9 Å². The minimum absolute atomic E-state index is 0.168. The molecule has 1 rings (SSSR count). The van der Waals surface area contributed by atoms with Crippen LogP contribution in [0.3, 0.4) is 0 Å². The molecule has 1 aliphatic heterocycles. The Morgan fingerprint density at radius 1 is 0.758 bits per heavy atom. The van der Waals surface area contributed by atoms with Crippen molar-refractivity contribution in [1.82, 2.24) is 5.32 Å². The van der Waals surface area contributed by atoms with Gasteiger partial charge in [-0.25, -0.2) is 0 Å². The summed E-state index contributed by atoms with van der Waals surface area (Å²) in [7, 11) is 0. The van der Waals surface area contributed by atoms with Gasteiger partial charge < -0.3 is 14.8 Å². The summed E-state index contributed by atoms with van der Waals surface area (Å²) in [5.41, 5.74) is 0. The van der Waals surface area contributed by atoms with E-state index in [0.717, 1.165) is 32.4 Å². The molecule has 1 atom stereocenters. The molecule has 1 aliphatic rings. The summed E-state index contributed by atoms with van der Waals surface area (Å²) in [6, 6.07) is 0. The van der Waals surface area contributed by atoms with Gasteiger partial charge >= 0.3 is 11.9 Å². The molecule has 0 bridgehead atoms. The van der Waals surface area contributed by atoms with Crippen LogP contribution in [-0.2, 0) is 19.1 Å². The van der Waals surface area contributed by atoms with E-state index < -0.39 is 0 Å². The maximum Gasteiger partial charge on any atom is 0.305 e. The molecule has 0 radical (unpaired) electrons. The number of hydrogen-bond donors (Lipinski definition) is 1. The van der Waals surface area contributed by atoms with Gasteiger partial charge in [0, 0.05) is 12.8 Å². The Morgan fingerprint density at radius 2 is 1.30 bits per heavy atom. The number of ether oxygens (including phenoxy) is 2. The van der Waals surface area contributed by atoms with Gasteiger partial charge in [-0.3, -0.25) is 9.59 Å². The van der Waals surface area contributed by atoms with Crippen LogP contribution in [-0.4, -0.2) is 38.2 Å². The number of rotatable bonds is 21. The first-order chi connectivity index (χ1) is 16.2. The summed E-state index contributed by atoms with van der Waals surface area (Å²) in [5, 5.41) is 3.35. The zero-order valence-electron chi connectivity index (χ0n) is 21.8. The van der Waals surface area contributed by atoms with Crippen molar-refractivity contribution < 1.29 is 19.1 Å². The molecule has 194 valence electrons. The molecule has 1 N–H and O–H groups in total. The summed E-state index contributed by atoms with van der Waals surface area (Å²) in [4.78, 5) is 24.1. The average Bonchev–Trinajstić information content (AvgIpc) is 2.82. The molecule has 33 heavy (non-hydrogen) atoms. The van der Waals surface area contributed by atoms with Gasteiger partial charge in [0.1, 0.15) is 0 Å². The number of unbranched alkanes of at least 4 members (excludes halogenated alkanes) is 8. The van der Waals surface area contributed by atoms with Crippen molar-refractivity contribution in [2.45, 2.75) is 129 Å². The first-order valence-electron chi connectivity index (χ1n) is 14.2. The van der Waals surface area contributed by atoms with Crippen LogP contribution in [0.1, 0.15) is 129 Å². The van der Waals surface area contributed by atoms with Crippen LogP contribution in [0.25, 0.3) is 0 Å². The molecule has 0 aromatic heterocycles. The van der Waals surface area contributed by atoms with Crippen molar-refractivity contribution in [3.8, 4) is 0 Å². The third-order valence-electron chi connectivity index (χ3n) is 6.92. The minimum atomic E-state index is -0.186. The lowest BCUT2D eigenvalue weighted by Crippen LogP contribution is -2.28. The van der Waals surface area contributed by atoms with Crippen LogP contribution >= 0.6 is 0 Å². The first-order valence-corrected chi connectivity index (χ1v) is 14.2. The largest absolute Gasteiger partial charge is 0.466 e. The highest BCUT2D eigenvalue weighted by molar-refractivity contribution is 5.72. The van der Waals surface area contributed by atoms with Crippen LogP contribution in [0.2, 0.25) is 0 Å². The fourth-order valence-electron chi connectivity index (χ4n) is 4.63. The van der Waals surface area contributed by atoms with Crippen molar-refractivity contribution in [3.05, 3.63) is 0 Å². The Hall–Kier alpha value is -1.10. The second-order valence-electron chi connectivity index (χ2n) is 10.0. The molecule has 0 spiro atoms. The van der Waals surface area contributed by atoms with Crippen molar-refractivity contribution in [3.63, 3.8) is 0 Å². The molecule has 5 heteroatoms. The molecular weight excluding hydrogens is 414 g/mol. The predicted octanol–water partition coefficient (Wildman–Crippen LogP) is 6.97. The molecule has 1 saturated heterocycles. The van der Waals surface area contributed by atoms with E-state index in [2.05, 4.69) is 19.2 Å². The van der Waals surface area contributed by atoms with Crippen molar-refractivity contribution in [1.29, 1.82) is 0 Å². The summed E-state index contributed by atoms with van der Waals surface area (Å²) >= 11 is 0. The number of nitrogens with one attached hydrogen (secondary N) is 1. The van der Waals surface area contributed by atoms with Gasteiger partial charge in [0.2, 0.25) is 0 Å². The van der Waals surface area contributed by atoms with Gasteiger partial charge in [-0.15, -0.1) is 0 Å². The highest BCUT2D eigenvalue weighted by atomic mass is 16.5. The minimum Gasteiger partial charge on any atom is -0.466 e. The molecule has 0 amide bonds. The standard InChI is InChI=1S/C28H53NO4/c1-3-5-7-9-10-12-15-26(14-11-8-6-4-2)24-33-28(31)17-13-16-27(30)32-23-20-25-18-21-29-22-19-25/h25-26,29H,3-24H2,1-2H3. The van der Waals surface area contributed by atoms with E-state index in [4.69, 9.17) is 9.47 Å². The van der Waals surface area contributed by atoms with E-state index in [0.29, 0.717) is 44.3 Å². The van der Waals surface area contributed by atoms with Crippen molar-refractivity contribution in [2.75, 3.05) is 26.3 Å². The van der Waals surface area contributed by atoms with E-state index in [1.807, 2.05) is 0 Å². The molecule has 0 aliphatic carbocycles. The lowest BCUT2D eigenvalue weighted by Gasteiger charge is -2.22. The van der Waals surface area contributed by atoms with Gasteiger partial charge in [-0.05, 0) is 63.5 Å². The molecule has 1 unspecified atom stereocenters. The number of hydrogen-bond acceptors (Lipinski definition) is 5. The number of esters is 2. The van der Waals surface area contributed by atoms with Gasteiger partial charge in [0.15, 0.2) is 0 Å². The Balaban J connectivity index is 2.13. The molecule has 0 aromatic rings. The number of carbonyl (C=O) groups excluding carboxylic acids is 2. The Labute approximate surface area is 204 Å². The second-order valence-corrected chi connectivity index (χ2v) is 10.0. The average molecular weight is 468 g/mol. The SMILES string of the molecule is CCCCCCCCC(CCCCCC)COC(=O)CCCC(=O)OCCC1CCNCC1. The lowest BCUT2D eigenvalue weighted by atomic mass is 9.95. The zero-order valence-corrected chi connectivity index (χ0v) is 21.8. The smallest absolute Gasteiger partial charge is 0.305 e. The molecule has 1 fully saturated rings. The second kappa shape index (κ2) is 21.4. The molecule has 0 saturated carbocycles. The third-order valence-corrected chi connectivity index (χ3v) is 6.92. The predicted molar refractivity (Wildman–Crippen MR) is 136 cm³/mol. The third kappa shape index (κ3) is 18.0. The molecule has 1 heterocycles. The van der Waals surface area contributed by atoms with Crippen LogP contribution in [0.15, 0.2) is 0 Å². The Morgan fingerprint density at radius 3 is 1.94 bits per heavy atom. The van der Waals surface area contributed by atoms with Crippen LogP contribution in [0, 0.1) is 11.8 Å². The summed E-state index contributed by atoms with van der Waals surface area (Å²) in [6.07, 6.45) is 19.6. The number of carbonyl (C=O) groups is 2. The highest BCUT2D eigenvalue weighted by Gasteiger charge is 2.15. The van der Waals surface area contributed by atoms with Crippen LogP contribution in [0.4, 0.5) is 0 Å². The first kappa shape index (κ1) is 29.9. The van der Waals surface area contributed by atoms with E-state index >= 15 is 0 Å². The molecule has 5 nitrogen and oxygen atoms in total.